The van der Waals surface area contributed by atoms with E-state index in [1.165, 1.54) is 0 Å². The second-order valence-corrected chi connectivity index (χ2v) is 3.56. The van der Waals surface area contributed by atoms with Gasteiger partial charge in [-0.25, -0.2) is 0 Å². The Morgan fingerprint density at radius 2 is 1.62 bits per heavy atom. The van der Waals surface area contributed by atoms with Crippen LogP contribution in [-0.4, -0.2) is 10.2 Å². The highest BCUT2D eigenvalue weighted by Gasteiger charge is 2.05. The molecule has 0 fully saturated rings. The van der Waals surface area contributed by atoms with Crippen LogP contribution in [0.4, 0.5) is 0 Å². The van der Waals surface area contributed by atoms with Gasteiger partial charge in [-0.15, -0.1) is 0 Å². The molecule has 2 aromatic rings. The molecule has 0 aromatic heterocycles. The van der Waals surface area contributed by atoms with Crippen LogP contribution in [0.25, 0.3) is 10.8 Å². The van der Waals surface area contributed by atoms with Gasteiger partial charge in [-0.2, -0.15) is 0 Å². The lowest BCUT2D eigenvalue weighted by Gasteiger charge is -2.03. The second kappa shape index (κ2) is 2.92. The van der Waals surface area contributed by atoms with Crippen LogP contribution in [0, 0.1) is 0 Å². The van der Waals surface area contributed by atoms with Crippen molar-refractivity contribution in [3.05, 3.63) is 34.8 Å². The molecule has 0 saturated heterocycles. The highest BCUT2D eigenvalue weighted by atomic mass is 79.9. The molecule has 2 nitrogen and oxygen atoms in total. The maximum Gasteiger partial charge on any atom is 0.130 e. The highest BCUT2D eigenvalue weighted by Crippen LogP contribution is 2.35. The predicted octanol–water partition coefficient (Wildman–Crippen LogP) is 3.01. The van der Waals surface area contributed by atoms with E-state index in [-0.39, 0.29) is 11.5 Å². The molecule has 0 unspecified atom stereocenters. The Bertz CT molecular complexity index is 466. The van der Waals surface area contributed by atoms with Crippen molar-refractivity contribution in [2.45, 2.75) is 0 Å². The molecular weight excluding hydrogens is 232 g/mol. The summed E-state index contributed by atoms with van der Waals surface area (Å²) in [5, 5.41) is 20.4. The fourth-order valence-electron chi connectivity index (χ4n) is 1.29. The van der Waals surface area contributed by atoms with Gasteiger partial charge in [0.05, 0.1) is 4.47 Å². The summed E-state index contributed by atoms with van der Waals surface area (Å²) in [7, 11) is 0. The van der Waals surface area contributed by atoms with Crippen molar-refractivity contribution in [2.24, 2.45) is 0 Å². The molecule has 0 bridgehead atoms. The average Bonchev–Trinajstić information content (AvgIpc) is 2.12. The molecule has 0 radical (unpaired) electrons. The number of benzene rings is 2. The Kier molecular flexibility index (Phi) is 1.88. The number of phenolic OH excluding ortho intramolecular Hbond substituents is 2. The molecule has 0 saturated carbocycles. The van der Waals surface area contributed by atoms with Crippen LogP contribution < -0.4 is 0 Å². The maximum atomic E-state index is 9.48. The number of aromatic hydroxyl groups is 2. The molecule has 0 spiro atoms. The zero-order chi connectivity index (χ0) is 9.42. The summed E-state index contributed by atoms with van der Waals surface area (Å²) in [6.45, 7) is 0. The van der Waals surface area contributed by atoms with Gasteiger partial charge in [-0.05, 0) is 34.1 Å². The van der Waals surface area contributed by atoms with Gasteiger partial charge in [0, 0.05) is 10.8 Å². The fourth-order valence-corrected chi connectivity index (χ4v) is 1.77. The van der Waals surface area contributed by atoms with E-state index in [4.69, 9.17) is 0 Å². The molecule has 13 heavy (non-hydrogen) atoms. The van der Waals surface area contributed by atoms with E-state index in [9.17, 15) is 10.2 Å². The third-order valence-corrected chi connectivity index (χ3v) is 2.79. The van der Waals surface area contributed by atoms with Gasteiger partial charge in [0.25, 0.3) is 0 Å². The van der Waals surface area contributed by atoms with E-state index >= 15 is 0 Å². The Morgan fingerprint density at radius 3 is 2.38 bits per heavy atom. The van der Waals surface area contributed by atoms with Gasteiger partial charge in [0.2, 0.25) is 0 Å². The number of rotatable bonds is 0. The van der Waals surface area contributed by atoms with Gasteiger partial charge in [0.1, 0.15) is 11.5 Å². The van der Waals surface area contributed by atoms with E-state index < -0.39 is 0 Å². The minimum Gasteiger partial charge on any atom is -0.507 e. The summed E-state index contributed by atoms with van der Waals surface area (Å²) in [6.07, 6.45) is 0. The first-order valence-electron chi connectivity index (χ1n) is 3.79. The lowest BCUT2D eigenvalue weighted by molar-refractivity contribution is 0.472. The molecule has 0 atom stereocenters. The number of hydrogen-bond acceptors (Lipinski definition) is 2. The topological polar surface area (TPSA) is 40.5 Å². The normalized spacial score (nSPS) is 10.5. The average molecular weight is 239 g/mol. The highest BCUT2D eigenvalue weighted by molar-refractivity contribution is 9.10. The monoisotopic (exact) mass is 238 g/mol. The minimum atomic E-state index is 0.179. The SMILES string of the molecule is Oc1ccc2c(O)cccc2c1Br. The van der Waals surface area contributed by atoms with Crippen LogP contribution in [-0.2, 0) is 0 Å². The van der Waals surface area contributed by atoms with Gasteiger partial charge in [-0.1, -0.05) is 12.1 Å². The van der Waals surface area contributed by atoms with E-state index in [1.54, 1.807) is 24.3 Å². The van der Waals surface area contributed by atoms with E-state index in [0.29, 0.717) is 4.47 Å². The zero-order valence-corrected chi connectivity index (χ0v) is 8.25. The summed E-state index contributed by atoms with van der Waals surface area (Å²) in [6, 6.07) is 8.42. The lowest BCUT2D eigenvalue weighted by Crippen LogP contribution is -1.76. The molecule has 0 amide bonds. The Labute approximate surface area is 83.6 Å². The Balaban J connectivity index is 2.94. The number of fused-ring (bicyclic) bond motifs is 1. The van der Waals surface area contributed by atoms with Crippen LogP contribution in [0.1, 0.15) is 0 Å². The summed E-state index contributed by atoms with van der Waals surface area (Å²) >= 11 is 3.25. The summed E-state index contributed by atoms with van der Waals surface area (Å²) < 4.78 is 0.612. The van der Waals surface area contributed by atoms with E-state index in [2.05, 4.69) is 15.9 Å². The standard InChI is InChI=1S/C10H7BrO2/c11-10-7-2-1-3-8(12)6(7)4-5-9(10)13/h1-5,12-13H. The van der Waals surface area contributed by atoms with Crippen LogP contribution in [0.2, 0.25) is 0 Å². The second-order valence-electron chi connectivity index (χ2n) is 2.77. The van der Waals surface area contributed by atoms with Crippen molar-refractivity contribution in [1.82, 2.24) is 0 Å². The first kappa shape index (κ1) is 8.38. The summed E-state index contributed by atoms with van der Waals surface area (Å²) in [5.41, 5.74) is 0. The lowest BCUT2D eigenvalue weighted by atomic mass is 10.1. The van der Waals surface area contributed by atoms with Crippen molar-refractivity contribution < 1.29 is 10.2 Å². The molecule has 0 aliphatic carbocycles. The molecule has 66 valence electrons. The first-order chi connectivity index (χ1) is 6.20. The largest absolute Gasteiger partial charge is 0.507 e. The molecule has 2 aromatic carbocycles. The van der Waals surface area contributed by atoms with E-state index in [0.717, 1.165) is 10.8 Å². The predicted molar refractivity (Wildman–Crippen MR) is 55.0 cm³/mol. The molecule has 0 heterocycles. The van der Waals surface area contributed by atoms with Crippen molar-refractivity contribution in [2.75, 3.05) is 0 Å². The van der Waals surface area contributed by atoms with Gasteiger partial charge in [0.15, 0.2) is 0 Å². The summed E-state index contributed by atoms with van der Waals surface area (Å²) in [5.74, 6) is 0.399. The third kappa shape index (κ3) is 1.25. The molecule has 2 N–H and O–H groups in total. The zero-order valence-electron chi connectivity index (χ0n) is 6.66. The van der Waals surface area contributed by atoms with Gasteiger partial charge >= 0.3 is 0 Å². The summed E-state index contributed by atoms with van der Waals surface area (Å²) in [4.78, 5) is 0. The number of phenols is 2. The fraction of sp³-hybridized carbons (Fsp3) is 0. The molecule has 3 heteroatoms. The van der Waals surface area contributed by atoms with Gasteiger partial charge < -0.3 is 10.2 Å². The number of halogens is 1. The van der Waals surface area contributed by atoms with Crippen molar-refractivity contribution in [1.29, 1.82) is 0 Å². The maximum absolute atomic E-state index is 9.48. The van der Waals surface area contributed by atoms with E-state index in [1.807, 2.05) is 6.07 Å². The van der Waals surface area contributed by atoms with Crippen molar-refractivity contribution in [3.8, 4) is 11.5 Å². The number of hydrogen-bond donors (Lipinski definition) is 2. The van der Waals surface area contributed by atoms with Crippen LogP contribution in [0.3, 0.4) is 0 Å². The van der Waals surface area contributed by atoms with Crippen LogP contribution in [0.5, 0.6) is 11.5 Å². The molecule has 2 rings (SSSR count). The smallest absolute Gasteiger partial charge is 0.130 e. The van der Waals surface area contributed by atoms with Crippen molar-refractivity contribution in [3.63, 3.8) is 0 Å². The first-order valence-corrected chi connectivity index (χ1v) is 4.58. The molecular formula is C10H7BrO2. The minimum absolute atomic E-state index is 0.179. The van der Waals surface area contributed by atoms with Crippen molar-refractivity contribution >= 4 is 26.7 Å². The van der Waals surface area contributed by atoms with Crippen LogP contribution >= 0.6 is 15.9 Å². The molecule has 0 aliphatic rings. The molecule has 0 aliphatic heterocycles. The Morgan fingerprint density at radius 1 is 0.846 bits per heavy atom. The van der Waals surface area contributed by atoms with Crippen LogP contribution in [0.15, 0.2) is 34.8 Å². The Hall–Kier alpha value is -1.22. The van der Waals surface area contributed by atoms with Gasteiger partial charge in [-0.3, -0.25) is 0 Å². The third-order valence-electron chi connectivity index (χ3n) is 1.95. The quantitative estimate of drug-likeness (QED) is 0.741.